The van der Waals surface area contributed by atoms with Gasteiger partial charge in [0, 0.05) is 11.8 Å². The van der Waals surface area contributed by atoms with Crippen LogP contribution >= 0.6 is 0 Å². The second-order valence-electron chi connectivity index (χ2n) is 6.74. The number of benzene rings is 1. The maximum absolute atomic E-state index is 11.9. The number of rotatable bonds is 3. The molecule has 1 aromatic carbocycles. The predicted molar refractivity (Wildman–Crippen MR) is 89.4 cm³/mol. The molecule has 3 aromatic rings. The van der Waals surface area contributed by atoms with Gasteiger partial charge in [0.1, 0.15) is 11.4 Å². The minimum absolute atomic E-state index is 0.217. The summed E-state index contributed by atoms with van der Waals surface area (Å²) in [5.41, 5.74) is 2.57. The molecule has 0 amide bonds. The first-order valence-electron chi connectivity index (χ1n) is 7.79. The fraction of sp³-hybridized carbons (Fsp3) is 0.389. The molecule has 2 aromatic heterocycles. The molecule has 0 saturated carbocycles. The van der Waals surface area contributed by atoms with E-state index in [0.717, 1.165) is 17.0 Å². The molecule has 0 atom stereocenters. The molecule has 5 nitrogen and oxygen atoms in total. The lowest BCUT2D eigenvalue weighted by Gasteiger charge is -2.19. The van der Waals surface area contributed by atoms with Crippen molar-refractivity contribution in [2.24, 2.45) is 0 Å². The average Bonchev–Trinajstić information content (AvgIpc) is 2.87. The lowest BCUT2D eigenvalue weighted by molar-refractivity contribution is -0.154. The number of fused-ring (bicyclic) bond motifs is 3. The molecule has 0 radical (unpaired) electrons. The van der Waals surface area contributed by atoms with Crippen molar-refractivity contribution in [3.63, 3.8) is 0 Å². The first-order valence-corrected chi connectivity index (χ1v) is 7.79. The number of hydrogen-bond donors (Lipinski definition) is 0. The van der Waals surface area contributed by atoms with Crippen LogP contribution in [0.1, 0.15) is 38.6 Å². The van der Waals surface area contributed by atoms with Crippen LogP contribution in [0.2, 0.25) is 0 Å². The van der Waals surface area contributed by atoms with Gasteiger partial charge >= 0.3 is 5.97 Å². The Balaban J connectivity index is 1.93. The third kappa shape index (κ3) is 3.18. The van der Waals surface area contributed by atoms with Crippen molar-refractivity contribution in [2.75, 3.05) is 0 Å². The number of para-hydroxylation sites is 1. The number of esters is 1. The summed E-state index contributed by atoms with van der Waals surface area (Å²) >= 11 is 0. The van der Waals surface area contributed by atoms with Gasteiger partial charge in [0.15, 0.2) is 5.65 Å². The molecule has 23 heavy (non-hydrogen) atoms. The maximum atomic E-state index is 11.9. The molecule has 0 saturated heterocycles. The monoisotopic (exact) mass is 311 g/mol. The van der Waals surface area contributed by atoms with Crippen molar-refractivity contribution in [2.45, 2.75) is 46.1 Å². The largest absolute Gasteiger partial charge is 0.460 e. The van der Waals surface area contributed by atoms with Crippen molar-refractivity contribution in [1.29, 1.82) is 0 Å². The van der Waals surface area contributed by atoms with E-state index in [1.54, 1.807) is 0 Å². The molecular weight excluding hydrogens is 290 g/mol. The Kier molecular flexibility index (Phi) is 3.80. The molecule has 120 valence electrons. The summed E-state index contributed by atoms with van der Waals surface area (Å²) in [6.45, 7) is 7.67. The molecule has 2 heterocycles. The van der Waals surface area contributed by atoms with E-state index in [9.17, 15) is 4.79 Å². The first-order chi connectivity index (χ1) is 10.8. The van der Waals surface area contributed by atoms with Crippen molar-refractivity contribution >= 4 is 22.5 Å². The molecule has 5 heteroatoms. The molecule has 0 fully saturated rings. The number of aryl methyl sites for hydroxylation is 2. The number of hydrogen-bond acceptors (Lipinski definition) is 4. The van der Waals surface area contributed by atoms with E-state index in [2.05, 4.69) is 29.3 Å². The van der Waals surface area contributed by atoms with Gasteiger partial charge in [0.05, 0.1) is 11.9 Å². The van der Waals surface area contributed by atoms with E-state index in [4.69, 9.17) is 4.74 Å². The summed E-state index contributed by atoms with van der Waals surface area (Å²) < 4.78 is 7.38. The van der Waals surface area contributed by atoms with Crippen molar-refractivity contribution in [3.8, 4) is 0 Å². The molecule has 0 bridgehead atoms. The number of pyridine rings is 1. The highest BCUT2D eigenvalue weighted by atomic mass is 16.6. The summed E-state index contributed by atoms with van der Waals surface area (Å²) in [6.07, 6.45) is 0.795. The zero-order chi connectivity index (χ0) is 16.6. The fourth-order valence-electron chi connectivity index (χ4n) is 2.73. The van der Waals surface area contributed by atoms with Crippen LogP contribution in [-0.4, -0.2) is 26.2 Å². The standard InChI is InChI=1S/C18H21N3O2/c1-12-11-16-20-19-15(9-10-17(22)23-18(2,3)4)21(16)14-8-6-5-7-13(12)14/h5-8,11H,9-10H2,1-4H3. The SMILES string of the molecule is Cc1cc2nnc(CCC(=O)OC(C)(C)C)n2c2ccccc12. The smallest absolute Gasteiger partial charge is 0.306 e. The normalized spacial score (nSPS) is 12.0. The van der Waals surface area contributed by atoms with Crippen LogP contribution < -0.4 is 0 Å². The van der Waals surface area contributed by atoms with Crippen molar-refractivity contribution in [3.05, 3.63) is 41.7 Å². The van der Waals surface area contributed by atoms with E-state index in [-0.39, 0.29) is 5.97 Å². The third-order valence-electron chi connectivity index (χ3n) is 3.64. The van der Waals surface area contributed by atoms with Crippen molar-refractivity contribution in [1.82, 2.24) is 14.6 Å². The van der Waals surface area contributed by atoms with Crippen LogP contribution in [0.4, 0.5) is 0 Å². The van der Waals surface area contributed by atoms with Crippen LogP contribution in [0, 0.1) is 6.92 Å². The molecular formula is C18H21N3O2. The second kappa shape index (κ2) is 5.65. The third-order valence-corrected chi connectivity index (χ3v) is 3.64. The molecule has 0 aliphatic heterocycles. The maximum Gasteiger partial charge on any atom is 0.306 e. The zero-order valence-electron chi connectivity index (χ0n) is 14.0. The molecule has 0 aliphatic rings. The molecule has 0 spiro atoms. The predicted octanol–water partition coefficient (Wildman–Crippen LogP) is 3.47. The van der Waals surface area contributed by atoms with Gasteiger partial charge in [0.25, 0.3) is 0 Å². The Morgan fingerprint density at radius 3 is 2.70 bits per heavy atom. The topological polar surface area (TPSA) is 56.5 Å². The van der Waals surface area contributed by atoms with E-state index in [1.807, 2.05) is 43.4 Å². The van der Waals surface area contributed by atoms with Crippen LogP contribution in [0.5, 0.6) is 0 Å². The van der Waals surface area contributed by atoms with Gasteiger partial charge in [0.2, 0.25) is 0 Å². The van der Waals surface area contributed by atoms with Gasteiger partial charge in [-0.05, 0) is 45.4 Å². The van der Waals surface area contributed by atoms with Gasteiger partial charge in [-0.3, -0.25) is 9.20 Å². The average molecular weight is 311 g/mol. The van der Waals surface area contributed by atoms with Gasteiger partial charge in [-0.15, -0.1) is 10.2 Å². The zero-order valence-corrected chi connectivity index (χ0v) is 14.0. The molecule has 3 rings (SSSR count). The Hall–Kier alpha value is -2.43. The fourth-order valence-corrected chi connectivity index (χ4v) is 2.73. The summed E-state index contributed by atoms with van der Waals surface area (Å²) in [7, 11) is 0. The minimum atomic E-state index is -0.464. The lowest BCUT2D eigenvalue weighted by atomic mass is 10.1. The van der Waals surface area contributed by atoms with Gasteiger partial charge in [-0.25, -0.2) is 0 Å². The second-order valence-corrected chi connectivity index (χ2v) is 6.74. The Labute approximate surface area is 135 Å². The number of carbonyl (C=O) groups is 1. The van der Waals surface area contributed by atoms with Crippen LogP contribution in [0.3, 0.4) is 0 Å². The molecule has 0 aliphatic carbocycles. The highest BCUT2D eigenvalue weighted by Crippen LogP contribution is 2.22. The molecule has 0 unspecified atom stereocenters. The van der Waals surface area contributed by atoms with E-state index < -0.39 is 5.60 Å². The summed E-state index contributed by atoms with van der Waals surface area (Å²) in [4.78, 5) is 11.9. The quantitative estimate of drug-likeness (QED) is 0.695. The highest BCUT2D eigenvalue weighted by molar-refractivity contribution is 5.85. The number of aromatic nitrogens is 3. The van der Waals surface area contributed by atoms with Gasteiger partial charge in [-0.1, -0.05) is 18.2 Å². The highest BCUT2D eigenvalue weighted by Gasteiger charge is 2.17. The number of carbonyl (C=O) groups excluding carboxylic acids is 1. The summed E-state index contributed by atoms with van der Waals surface area (Å²) in [5, 5.41) is 9.67. The van der Waals surface area contributed by atoms with E-state index >= 15 is 0 Å². The number of ether oxygens (including phenoxy) is 1. The van der Waals surface area contributed by atoms with E-state index in [0.29, 0.717) is 12.8 Å². The van der Waals surface area contributed by atoms with Gasteiger partial charge in [-0.2, -0.15) is 0 Å². The Morgan fingerprint density at radius 1 is 1.22 bits per heavy atom. The van der Waals surface area contributed by atoms with Crippen LogP contribution in [0.15, 0.2) is 30.3 Å². The number of nitrogens with zero attached hydrogens (tertiary/aromatic N) is 3. The van der Waals surface area contributed by atoms with Crippen LogP contribution in [-0.2, 0) is 16.0 Å². The molecule has 0 N–H and O–H groups in total. The first kappa shape index (κ1) is 15.5. The minimum Gasteiger partial charge on any atom is -0.460 e. The van der Waals surface area contributed by atoms with Crippen LogP contribution in [0.25, 0.3) is 16.6 Å². The lowest BCUT2D eigenvalue weighted by Crippen LogP contribution is -2.24. The summed E-state index contributed by atoms with van der Waals surface area (Å²) in [5.74, 6) is 0.563. The van der Waals surface area contributed by atoms with Crippen molar-refractivity contribution < 1.29 is 9.53 Å². The Bertz CT molecular complexity index is 875. The Morgan fingerprint density at radius 2 is 1.96 bits per heavy atom. The van der Waals surface area contributed by atoms with Gasteiger partial charge < -0.3 is 4.74 Å². The van der Waals surface area contributed by atoms with E-state index in [1.165, 1.54) is 10.9 Å². The summed E-state index contributed by atoms with van der Waals surface area (Å²) in [6, 6.07) is 10.2.